The number of rotatable bonds is 6. The fourth-order valence-electron chi connectivity index (χ4n) is 1.77. The summed E-state index contributed by atoms with van der Waals surface area (Å²) in [5.41, 5.74) is 6.55. The Balaban J connectivity index is 2.75. The summed E-state index contributed by atoms with van der Waals surface area (Å²) in [5.74, 6) is -0.185. The van der Waals surface area contributed by atoms with Gasteiger partial charge in [-0.3, -0.25) is 4.79 Å². The second kappa shape index (κ2) is 6.28. The summed E-state index contributed by atoms with van der Waals surface area (Å²) >= 11 is 0. The number of primary amides is 1. The van der Waals surface area contributed by atoms with Gasteiger partial charge < -0.3 is 11.1 Å². The minimum absolute atomic E-state index is 0.102. The molecule has 16 heavy (non-hydrogen) atoms. The minimum atomic E-state index is -0.289. The lowest BCUT2D eigenvalue weighted by Gasteiger charge is -2.22. The van der Waals surface area contributed by atoms with E-state index in [1.54, 1.807) is 0 Å². The van der Waals surface area contributed by atoms with Crippen molar-refractivity contribution in [3.05, 3.63) is 35.9 Å². The molecule has 0 aromatic heterocycles. The standard InChI is InChI=1S/C13H20N2O/c1-3-9-15-12(13(14)16)10(2)11-7-5-4-6-8-11/h4-8,10,12,15H,3,9H2,1-2H3,(H2,14,16). The van der Waals surface area contributed by atoms with E-state index in [-0.39, 0.29) is 17.9 Å². The Labute approximate surface area is 97.0 Å². The summed E-state index contributed by atoms with van der Waals surface area (Å²) in [6, 6.07) is 9.67. The molecule has 0 saturated carbocycles. The molecular weight excluding hydrogens is 200 g/mol. The molecule has 1 amide bonds. The van der Waals surface area contributed by atoms with Crippen molar-refractivity contribution >= 4 is 5.91 Å². The van der Waals surface area contributed by atoms with Gasteiger partial charge in [-0.25, -0.2) is 0 Å². The Morgan fingerprint density at radius 2 is 2.00 bits per heavy atom. The van der Waals surface area contributed by atoms with E-state index in [9.17, 15) is 4.79 Å². The summed E-state index contributed by atoms with van der Waals surface area (Å²) in [7, 11) is 0. The van der Waals surface area contributed by atoms with Crippen LogP contribution in [0.3, 0.4) is 0 Å². The van der Waals surface area contributed by atoms with Crippen LogP contribution in [0, 0.1) is 0 Å². The Morgan fingerprint density at radius 3 is 2.50 bits per heavy atom. The predicted molar refractivity (Wildman–Crippen MR) is 66.1 cm³/mol. The van der Waals surface area contributed by atoms with Gasteiger partial charge in [-0.15, -0.1) is 0 Å². The molecule has 1 aromatic rings. The van der Waals surface area contributed by atoms with Crippen LogP contribution in [-0.4, -0.2) is 18.5 Å². The zero-order valence-corrected chi connectivity index (χ0v) is 9.94. The summed E-state index contributed by atoms with van der Waals surface area (Å²) < 4.78 is 0. The first-order chi connectivity index (χ1) is 7.66. The monoisotopic (exact) mass is 220 g/mol. The van der Waals surface area contributed by atoms with E-state index < -0.39 is 0 Å². The van der Waals surface area contributed by atoms with Gasteiger partial charge in [0.15, 0.2) is 0 Å². The number of nitrogens with two attached hydrogens (primary N) is 1. The van der Waals surface area contributed by atoms with Gasteiger partial charge in [0, 0.05) is 5.92 Å². The smallest absolute Gasteiger partial charge is 0.235 e. The molecule has 1 rings (SSSR count). The molecule has 0 bridgehead atoms. The van der Waals surface area contributed by atoms with Crippen molar-refractivity contribution < 1.29 is 4.79 Å². The van der Waals surface area contributed by atoms with Crippen molar-refractivity contribution in [3.63, 3.8) is 0 Å². The Bertz CT molecular complexity index is 324. The minimum Gasteiger partial charge on any atom is -0.368 e. The number of hydrogen-bond acceptors (Lipinski definition) is 2. The van der Waals surface area contributed by atoms with Gasteiger partial charge >= 0.3 is 0 Å². The zero-order valence-electron chi connectivity index (χ0n) is 9.94. The normalized spacial score (nSPS) is 14.4. The van der Waals surface area contributed by atoms with Crippen LogP contribution < -0.4 is 11.1 Å². The van der Waals surface area contributed by atoms with Crippen LogP contribution in [0.15, 0.2) is 30.3 Å². The van der Waals surface area contributed by atoms with E-state index in [1.807, 2.05) is 37.3 Å². The maximum Gasteiger partial charge on any atom is 0.235 e. The second-order valence-electron chi connectivity index (χ2n) is 4.03. The molecule has 0 aliphatic heterocycles. The quantitative estimate of drug-likeness (QED) is 0.765. The van der Waals surface area contributed by atoms with Crippen molar-refractivity contribution in [2.24, 2.45) is 5.73 Å². The molecular formula is C13H20N2O. The van der Waals surface area contributed by atoms with Gasteiger partial charge in [-0.2, -0.15) is 0 Å². The summed E-state index contributed by atoms with van der Waals surface area (Å²) in [6.45, 7) is 4.90. The largest absolute Gasteiger partial charge is 0.368 e. The van der Waals surface area contributed by atoms with Gasteiger partial charge in [0.05, 0.1) is 6.04 Å². The number of carbonyl (C=O) groups is 1. The maximum absolute atomic E-state index is 11.4. The molecule has 3 heteroatoms. The van der Waals surface area contributed by atoms with E-state index in [0.717, 1.165) is 18.5 Å². The molecule has 0 fully saturated rings. The molecule has 88 valence electrons. The molecule has 0 aliphatic rings. The molecule has 2 atom stereocenters. The molecule has 0 radical (unpaired) electrons. The number of amides is 1. The third-order valence-electron chi connectivity index (χ3n) is 2.75. The summed E-state index contributed by atoms with van der Waals surface area (Å²) in [6.07, 6.45) is 0.991. The Hall–Kier alpha value is -1.35. The highest BCUT2D eigenvalue weighted by Gasteiger charge is 2.22. The molecule has 0 heterocycles. The number of hydrogen-bond donors (Lipinski definition) is 2. The Morgan fingerprint density at radius 1 is 1.38 bits per heavy atom. The van der Waals surface area contributed by atoms with Crippen LogP contribution in [0.25, 0.3) is 0 Å². The summed E-state index contributed by atoms with van der Waals surface area (Å²) in [4.78, 5) is 11.4. The highest BCUT2D eigenvalue weighted by atomic mass is 16.1. The third kappa shape index (κ3) is 3.35. The van der Waals surface area contributed by atoms with Crippen molar-refractivity contribution in [1.82, 2.24) is 5.32 Å². The van der Waals surface area contributed by atoms with Crippen LogP contribution in [-0.2, 0) is 4.79 Å². The second-order valence-corrected chi connectivity index (χ2v) is 4.03. The van der Waals surface area contributed by atoms with Crippen molar-refractivity contribution in [2.75, 3.05) is 6.54 Å². The first-order valence-electron chi connectivity index (χ1n) is 5.74. The van der Waals surface area contributed by atoms with E-state index in [2.05, 4.69) is 12.2 Å². The molecule has 3 nitrogen and oxygen atoms in total. The number of carbonyl (C=O) groups excluding carboxylic acids is 1. The van der Waals surface area contributed by atoms with Gasteiger partial charge in [0.2, 0.25) is 5.91 Å². The molecule has 1 aromatic carbocycles. The van der Waals surface area contributed by atoms with E-state index in [1.165, 1.54) is 0 Å². The van der Waals surface area contributed by atoms with Gasteiger partial charge in [0.1, 0.15) is 0 Å². The molecule has 2 unspecified atom stereocenters. The summed E-state index contributed by atoms with van der Waals surface area (Å²) in [5, 5.41) is 3.19. The van der Waals surface area contributed by atoms with Crippen LogP contribution >= 0.6 is 0 Å². The first kappa shape index (κ1) is 12.7. The van der Waals surface area contributed by atoms with E-state index in [4.69, 9.17) is 5.73 Å². The fourth-order valence-corrected chi connectivity index (χ4v) is 1.77. The van der Waals surface area contributed by atoms with Crippen LogP contribution in [0.1, 0.15) is 31.7 Å². The average molecular weight is 220 g/mol. The van der Waals surface area contributed by atoms with Gasteiger partial charge in [-0.1, -0.05) is 44.2 Å². The maximum atomic E-state index is 11.4. The lowest BCUT2D eigenvalue weighted by molar-refractivity contribution is -0.120. The van der Waals surface area contributed by atoms with Crippen molar-refractivity contribution in [2.45, 2.75) is 32.2 Å². The highest BCUT2D eigenvalue weighted by Crippen LogP contribution is 2.18. The number of nitrogens with one attached hydrogen (secondary N) is 1. The SMILES string of the molecule is CCCNC(C(N)=O)C(C)c1ccccc1. The lowest BCUT2D eigenvalue weighted by Crippen LogP contribution is -2.45. The van der Waals surface area contributed by atoms with E-state index in [0.29, 0.717) is 0 Å². The van der Waals surface area contributed by atoms with Crippen molar-refractivity contribution in [3.8, 4) is 0 Å². The van der Waals surface area contributed by atoms with Crippen LogP contribution in [0.5, 0.6) is 0 Å². The Kier molecular flexibility index (Phi) is 4.99. The van der Waals surface area contributed by atoms with Gasteiger partial charge in [0.25, 0.3) is 0 Å². The first-order valence-corrected chi connectivity index (χ1v) is 5.74. The van der Waals surface area contributed by atoms with Crippen molar-refractivity contribution in [1.29, 1.82) is 0 Å². The third-order valence-corrected chi connectivity index (χ3v) is 2.75. The highest BCUT2D eigenvalue weighted by molar-refractivity contribution is 5.81. The molecule has 0 aliphatic carbocycles. The topological polar surface area (TPSA) is 55.1 Å². The molecule has 0 saturated heterocycles. The zero-order chi connectivity index (χ0) is 12.0. The number of benzene rings is 1. The molecule has 3 N–H and O–H groups in total. The molecule has 0 spiro atoms. The van der Waals surface area contributed by atoms with Crippen LogP contribution in [0.2, 0.25) is 0 Å². The lowest BCUT2D eigenvalue weighted by atomic mass is 9.93. The average Bonchev–Trinajstić information content (AvgIpc) is 2.30. The van der Waals surface area contributed by atoms with Gasteiger partial charge in [-0.05, 0) is 18.5 Å². The van der Waals surface area contributed by atoms with E-state index >= 15 is 0 Å². The van der Waals surface area contributed by atoms with Crippen LogP contribution in [0.4, 0.5) is 0 Å². The fraction of sp³-hybridized carbons (Fsp3) is 0.462. The predicted octanol–water partition coefficient (Wildman–Crippen LogP) is 1.64.